The lowest BCUT2D eigenvalue weighted by Crippen LogP contribution is -2.10. The second kappa shape index (κ2) is 12.7. The molecule has 0 heteroatoms. The van der Waals surface area contributed by atoms with Gasteiger partial charge < -0.3 is 0 Å². The van der Waals surface area contributed by atoms with Crippen LogP contribution in [0.4, 0.5) is 0 Å². The molecular weight excluding hydrogens is 312 g/mol. The molecule has 0 bridgehead atoms. The van der Waals surface area contributed by atoms with Crippen molar-refractivity contribution in [2.75, 3.05) is 0 Å². The van der Waals surface area contributed by atoms with Crippen molar-refractivity contribution in [3.05, 3.63) is 70.8 Å². The lowest BCUT2D eigenvalue weighted by atomic mass is 9.79. The molecule has 0 amide bonds. The van der Waals surface area contributed by atoms with Gasteiger partial charge in [0.2, 0.25) is 0 Å². The summed E-state index contributed by atoms with van der Waals surface area (Å²) in [5, 5.41) is 0. The third-order valence-corrected chi connectivity index (χ3v) is 5.29. The first-order chi connectivity index (χ1) is 12.7. The molecule has 1 aliphatic rings. The van der Waals surface area contributed by atoms with E-state index in [1.54, 1.807) is 5.56 Å². The predicted molar refractivity (Wildman–Crippen MR) is 118 cm³/mol. The van der Waals surface area contributed by atoms with E-state index in [9.17, 15) is 0 Å². The highest BCUT2D eigenvalue weighted by molar-refractivity contribution is 5.27. The SMILES string of the molecule is CC.CC.Cc1ccc(CCc2ccc(C3CCC(C)CC3)cc2)cc1. The summed E-state index contributed by atoms with van der Waals surface area (Å²) in [5.74, 6) is 1.74. The number of rotatable bonds is 4. The smallest absolute Gasteiger partial charge is 0.0162 e. The zero-order chi connectivity index (χ0) is 19.4. The van der Waals surface area contributed by atoms with Gasteiger partial charge >= 0.3 is 0 Å². The summed E-state index contributed by atoms with van der Waals surface area (Å²) in [7, 11) is 0. The van der Waals surface area contributed by atoms with Gasteiger partial charge in [-0.05, 0) is 61.1 Å². The van der Waals surface area contributed by atoms with E-state index in [0.29, 0.717) is 0 Å². The van der Waals surface area contributed by atoms with Gasteiger partial charge in [0.15, 0.2) is 0 Å². The molecule has 2 aromatic rings. The molecule has 0 atom stereocenters. The minimum absolute atomic E-state index is 0.808. The van der Waals surface area contributed by atoms with Crippen LogP contribution in [0.2, 0.25) is 0 Å². The van der Waals surface area contributed by atoms with Crippen molar-refractivity contribution in [3.63, 3.8) is 0 Å². The third kappa shape index (κ3) is 7.36. The van der Waals surface area contributed by atoms with Crippen LogP contribution in [-0.4, -0.2) is 0 Å². The lowest BCUT2D eigenvalue weighted by Gasteiger charge is -2.26. The Kier molecular flexibility index (Phi) is 11.0. The van der Waals surface area contributed by atoms with Crippen molar-refractivity contribution >= 4 is 0 Å². The maximum absolute atomic E-state index is 2.39. The molecule has 3 rings (SSSR count). The van der Waals surface area contributed by atoms with Crippen LogP contribution < -0.4 is 0 Å². The highest BCUT2D eigenvalue weighted by Gasteiger charge is 2.19. The molecule has 144 valence electrons. The monoisotopic (exact) mass is 352 g/mol. The van der Waals surface area contributed by atoms with Crippen molar-refractivity contribution in [2.24, 2.45) is 5.92 Å². The molecule has 0 aliphatic heterocycles. The van der Waals surface area contributed by atoms with Crippen LogP contribution >= 0.6 is 0 Å². The lowest BCUT2D eigenvalue weighted by molar-refractivity contribution is 0.348. The number of hydrogen-bond donors (Lipinski definition) is 0. The normalized spacial score (nSPS) is 18.8. The Morgan fingerprint density at radius 1 is 0.654 bits per heavy atom. The second-order valence-electron chi connectivity index (χ2n) is 7.18. The van der Waals surface area contributed by atoms with Crippen LogP contribution in [0, 0.1) is 12.8 Å². The fourth-order valence-corrected chi connectivity index (χ4v) is 3.59. The molecule has 26 heavy (non-hydrogen) atoms. The highest BCUT2D eigenvalue weighted by Crippen LogP contribution is 2.35. The Hall–Kier alpha value is -1.56. The maximum Gasteiger partial charge on any atom is -0.0162 e. The molecule has 0 saturated heterocycles. The number of hydrogen-bond acceptors (Lipinski definition) is 0. The molecule has 0 spiro atoms. The van der Waals surface area contributed by atoms with Crippen molar-refractivity contribution in [2.45, 2.75) is 86.0 Å². The highest BCUT2D eigenvalue weighted by atomic mass is 14.2. The van der Waals surface area contributed by atoms with Gasteiger partial charge in [0.05, 0.1) is 0 Å². The Labute approximate surface area is 163 Å². The third-order valence-electron chi connectivity index (χ3n) is 5.29. The second-order valence-corrected chi connectivity index (χ2v) is 7.18. The van der Waals surface area contributed by atoms with Gasteiger partial charge in [-0.1, -0.05) is 102 Å². The fraction of sp³-hybridized carbons (Fsp3) is 0.538. The van der Waals surface area contributed by atoms with Crippen molar-refractivity contribution < 1.29 is 0 Å². The van der Waals surface area contributed by atoms with Gasteiger partial charge in [-0.15, -0.1) is 0 Å². The zero-order valence-electron chi connectivity index (χ0n) is 18.0. The van der Waals surface area contributed by atoms with E-state index in [2.05, 4.69) is 62.4 Å². The average Bonchev–Trinajstić information content (AvgIpc) is 2.72. The Balaban J connectivity index is 0.000000791. The van der Waals surface area contributed by atoms with Crippen molar-refractivity contribution in [1.29, 1.82) is 0 Å². The van der Waals surface area contributed by atoms with Gasteiger partial charge in [-0.25, -0.2) is 0 Å². The van der Waals surface area contributed by atoms with Gasteiger partial charge in [0.1, 0.15) is 0 Å². The van der Waals surface area contributed by atoms with Gasteiger partial charge in [-0.2, -0.15) is 0 Å². The number of benzene rings is 2. The molecule has 0 aromatic heterocycles. The Bertz CT molecular complexity index is 568. The summed E-state index contributed by atoms with van der Waals surface area (Å²) in [6, 6.07) is 18.4. The van der Waals surface area contributed by atoms with Gasteiger partial charge in [-0.3, -0.25) is 0 Å². The molecule has 0 unspecified atom stereocenters. The molecule has 0 heterocycles. The standard InChI is InChI=1S/C22H28.2C2H6/c1-17-3-7-19(8-4-17)9-10-20-11-15-22(16-12-20)21-13-5-18(2)6-14-21;2*1-2/h3-4,7-8,11-12,15-16,18,21H,5-6,9-10,13-14H2,1-2H3;2*1-2H3. The first kappa shape index (κ1) is 22.5. The minimum atomic E-state index is 0.808. The first-order valence-electron chi connectivity index (χ1n) is 10.8. The average molecular weight is 353 g/mol. The largest absolute Gasteiger partial charge is 0.0683 e. The summed E-state index contributed by atoms with van der Waals surface area (Å²) in [6.45, 7) is 12.5. The molecule has 0 nitrogen and oxygen atoms in total. The molecule has 1 fully saturated rings. The van der Waals surface area contributed by atoms with Crippen LogP contribution in [-0.2, 0) is 12.8 Å². The molecule has 0 N–H and O–H groups in total. The van der Waals surface area contributed by atoms with E-state index < -0.39 is 0 Å². The molecule has 2 aromatic carbocycles. The fourth-order valence-electron chi connectivity index (χ4n) is 3.59. The summed E-state index contributed by atoms with van der Waals surface area (Å²) in [5.41, 5.74) is 5.81. The van der Waals surface area contributed by atoms with Crippen LogP contribution in [0.15, 0.2) is 48.5 Å². The van der Waals surface area contributed by atoms with E-state index in [0.717, 1.165) is 24.7 Å². The Morgan fingerprint density at radius 2 is 1.08 bits per heavy atom. The van der Waals surface area contributed by atoms with Crippen LogP contribution in [0.3, 0.4) is 0 Å². The summed E-state index contributed by atoms with van der Waals surface area (Å²) < 4.78 is 0. The van der Waals surface area contributed by atoms with Gasteiger partial charge in [0, 0.05) is 0 Å². The molecule has 0 radical (unpaired) electrons. The van der Waals surface area contributed by atoms with E-state index in [4.69, 9.17) is 0 Å². The van der Waals surface area contributed by atoms with Crippen molar-refractivity contribution in [1.82, 2.24) is 0 Å². The first-order valence-corrected chi connectivity index (χ1v) is 10.8. The van der Waals surface area contributed by atoms with E-state index in [-0.39, 0.29) is 0 Å². The van der Waals surface area contributed by atoms with E-state index in [1.807, 2.05) is 27.7 Å². The molecule has 1 saturated carbocycles. The Morgan fingerprint density at radius 3 is 1.54 bits per heavy atom. The van der Waals surface area contributed by atoms with Gasteiger partial charge in [0.25, 0.3) is 0 Å². The number of aryl methyl sites for hydroxylation is 3. The molecule has 1 aliphatic carbocycles. The summed E-state index contributed by atoms with van der Waals surface area (Å²) in [6.07, 6.45) is 7.85. The zero-order valence-corrected chi connectivity index (χ0v) is 18.0. The van der Waals surface area contributed by atoms with Crippen LogP contribution in [0.5, 0.6) is 0 Å². The predicted octanol–water partition coefficient (Wildman–Crippen LogP) is 8.13. The maximum atomic E-state index is 2.39. The van der Waals surface area contributed by atoms with Crippen molar-refractivity contribution in [3.8, 4) is 0 Å². The molecular formula is C26H40. The quantitative estimate of drug-likeness (QED) is 0.521. The minimum Gasteiger partial charge on any atom is -0.0683 e. The summed E-state index contributed by atoms with van der Waals surface area (Å²) in [4.78, 5) is 0. The topological polar surface area (TPSA) is 0 Å². The van der Waals surface area contributed by atoms with Crippen LogP contribution in [0.1, 0.15) is 88.5 Å². The van der Waals surface area contributed by atoms with E-state index in [1.165, 1.54) is 42.4 Å². The summed E-state index contributed by atoms with van der Waals surface area (Å²) >= 11 is 0. The van der Waals surface area contributed by atoms with E-state index >= 15 is 0 Å². The van der Waals surface area contributed by atoms with Crippen LogP contribution in [0.25, 0.3) is 0 Å².